The van der Waals surface area contributed by atoms with Gasteiger partial charge in [-0.3, -0.25) is 18.6 Å². The van der Waals surface area contributed by atoms with Crippen LogP contribution in [0.15, 0.2) is 72.9 Å². The first kappa shape index (κ1) is 54.9. The standard InChI is InChI=1S/C46H78NO10P/c1-3-5-7-9-11-13-15-17-19-21-23-25-27-29-31-33-35-37-44(49)47-43(46(51)52)41-57-58(53,54)56-40-42(48)39-55-45(50)38-36-34-32-30-28-26-24-22-20-18-16-14-12-10-8-6-4-2/h6,8,12,14,17-20,24,26,30,32,42-43,48H,3-5,7,9-11,13,15-16,21-23,25,27-29,31,33-41H2,1-2H3,(H,47,49)(H,51,52)(H,53,54)/b8-6-,14-12-,19-17-,20-18-,26-24-,32-30-. The molecule has 0 aliphatic carbocycles. The molecule has 0 bridgehead atoms. The molecule has 11 nitrogen and oxygen atoms in total. The third-order valence-corrected chi connectivity index (χ3v) is 9.93. The van der Waals surface area contributed by atoms with Crippen LogP contribution in [0.1, 0.15) is 168 Å². The number of aliphatic carboxylic acids is 1. The second-order valence-corrected chi connectivity index (χ2v) is 16.0. The van der Waals surface area contributed by atoms with Gasteiger partial charge in [0.15, 0.2) is 6.04 Å². The quantitative estimate of drug-likeness (QED) is 0.0202. The molecule has 0 aromatic rings. The van der Waals surface area contributed by atoms with Crippen molar-refractivity contribution < 1.29 is 47.8 Å². The lowest BCUT2D eigenvalue weighted by Crippen LogP contribution is -2.43. The van der Waals surface area contributed by atoms with Crippen molar-refractivity contribution in [2.24, 2.45) is 0 Å². The number of carbonyl (C=O) groups is 3. The molecular formula is C46H78NO10P. The minimum atomic E-state index is -4.77. The average Bonchev–Trinajstić information content (AvgIpc) is 3.20. The highest BCUT2D eigenvalue weighted by Crippen LogP contribution is 2.43. The van der Waals surface area contributed by atoms with Crippen LogP contribution in [0, 0.1) is 0 Å². The molecule has 0 spiro atoms. The van der Waals surface area contributed by atoms with E-state index < -0.39 is 57.6 Å². The van der Waals surface area contributed by atoms with Crippen molar-refractivity contribution in [1.29, 1.82) is 0 Å². The predicted octanol–water partition coefficient (Wildman–Crippen LogP) is 11.3. The Morgan fingerprint density at radius 1 is 0.569 bits per heavy atom. The number of hydrogen-bond donors (Lipinski definition) is 4. The summed E-state index contributed by atoms with van der Waals surface area (Å²) in [7, 11) is -4.77. The topological polar surface area (TPSA) is 169 Å². The van der Waals surface area contributed by atoms with Crippen molar-refractivity contribution in [3.05, 3.63) is 72.9 Å². The van der Waals surface area contributed by atoms with Crippen molar-refractivity contribution in [3.63, 3.8) is 0 Å². The summed E-state index contributed by atoms with van der Waals surface area (Å²) < 4.78 is 26.8. The van der Waals surface area contributed by atoms with Crippen LogP contribution < -0.4 is 5.32 Å². The number of amides is 1. The van der Waals surface area contributed by atoms with Crippen molar-refractivity contribution in [2.45, 2.75) is 180 Å². The third-order valence-electron chi connectivity index (χ3n) is 8.98. The molecule has 12 heteroatoms. The van der Waals surface area contributed by atoms with Gasteiger partial charge in [0, 0.05) is 12.8 Å². The van der Waals surface area contributed by atoms with Gasteiger partial charge in [0.1, 0.15) is 12.7 Å². The lowest BCUT2D eigenvalue weighted by molar-refractivity contribution is -0.147. The maximum absolute atomic E-state index is 12.3. The van der Waals surface area contributed by atoms with Gasteiger partial charge in [0.2, 0.25) is 5.91 Å². The molecule has 0 fully saturated rings. The number of esters is 1. The molecule has 0 radical (unpaired) electrons. The van der Waals surface area contributed by atoms with Gasteiger partial charge in [-0.25, -0.2) is 9.36 Å². The number of aliphatic hydroxyl groups is 1. The Morgan fingerprint density at radius 3 is 1.55 bits per heavy atom. The molecule has 3 unspecified atom stereocenters. The molecule has 0 saturated carbocycles. The second-order valence-electron chi connectivity index (χ2n) is 14.5. The van der Waals surface area contributed by atoms with Crippen LogP contribution in [0.4, 0.5) is 0 Å². The normalized spacial score (nSPS) is 14.4. The summed E-state index contributed by atoms with van der Waals surface area (Å²) in [6, 6.07) is -1.56. The van der Waals surface area contributed by atoms with Crippen LogP contribution in [-0.2, 0) is 32.7 Å². The summed E-state index contributed by atoms with van der Waals surface area (Å²) in [5.41, 5.74) is 0. The number of aliphatic hydroxyl groups excluding tert-OH is 1. The van der Waals surface area contributed by atoms with E-state index >= 15 is 0 Å². The molecule has 0 rings (SSSR count). The molecule has 3 atom stereocenters. The number of phosphoric acid groups is 1. The van der Waals surface area contributed by atoms with E-state index in [-0.39, 0.29) is 12.8 Å². The molecule has 0 aliphatic heterocycles. The molecule has 0 saturated heterocycles. The number of carbonyl (C=O) groups excluding carboxylic acids is 2. The van der Waals surface area contributed by atoms with Crippen LogP contribution in [0.25, 0.3) is 0 Å². The molecule has 58 heavy (non-hydrogen) atoms. The highest BCUT2D eigenvalue weighted by molar-refractivity contribution is 7.47. The van der Waals surface area contributed by atoms with E-state index in [0.717, 1.165) is 64.2 Å². The number of ether oxygens (including phenoxy) is 1. The Balaban J connectivity index is 3.99. The summed E-state index contributed by atoms with van der Waals surface area (Å²) in [6.07, 6.45) is 47.9. The fraction of sp³-hybridized carbons (Fsp3) is 0.674. The van der Waals surface area contributed by atoms with Gasteiger partial charge in [0.05, 0.1) is 13.2 Å². The number of phosphoric ester groups is 1. The number of rotatable bonds is 40. The first-order valence-electron chi connectivity index (χ1n) is 22.0. The maximum atomic E-state index is 12.3. The highest BCUT2D eigenvalue weighted by Gasteiger charge is 2.28. The molecule has 0 heterocycles. The SMILES string of the molecule is CC/C=C\C/C=C\C/C=C\C/C=C\C/C=C\CCCC(=O)OCC(O)COP(=O)(O)OCC(NC(=O)CCCCCCCCC/C=C\CCCCCCCC)C(=O)O. The van der Waals surface area contributed by atoms with Crippen molar-refractivity contribution in [1.82, 2.24) is 5.32 Å². The van der Waals surface area contributed by atoms with Crippen LogP contribution in [0.2, 0.25) is 0 Å². The Morgan fingerprint density at radius 2 is 1.02 bits per heavy atom. The first-order valence-corrected chi connectivity index (χ1v) is 23.5. The van der Waals surface area contributed by atoms with E-state index in [9.17, 15) is 34.1 Å². The number of carboxylic acid groups (broad SMARTS) is 1. The largest absolute Gasteiger partial charge is 0.480 e. The molecule has 1 amide bonds. The fourth-order valence-corrected chi connectivity index (χ4v) is 6.35. The number of unbranched alkanes of at least 4 members (excludes halogenated alkanes) is 14. The smallest absolute Gasteiger partial charge is 0.472 e. The van der Waals surface area contributed by atoms with Gasteiger partial charge >= 0.3 is 19.8 Å². The molecule has 332 valence electrons. The van der Waals surface area contributed by atoms with Crippen molar-refractivity contribution >= 4 is 25.7 Å². The maximum Gasteiger partial charge on any atom is 0.472 e. The third kappa shape index (κ3) is 39.7. The summed E-state index contributed by atoms with van der Waals surface area (Å²) in [5.74, 6) is -2.45. The average molecular weight is 836 g/mol. The van der Waals surface area contributed by atoms with Gasteiger partial charge in [-0.05, 0) is 77.0 Å². The lowest BCUT2D eigenvalue weighted by atomic mass is 10.1. The van der Waals surface area contributed by atoms with Crippen molar-refractivity contribution in [2.75, 3.05) is 19.8 Å². The van der Waals surface area contributed by atoms with Gasteiger partial charge in [0.25, 0.3) is 0 Å². The number of hydrogen-bond acceptors (Lipinski definition) is 8. The van der Waals surface area contributed by atoms with Crippen LogP contribution in [0.5, 0.6) is 0 Å². The second kappa shape index (κ2) is 40.7. The number of carboxylic acids is 1. The zero-order chi connectivity index (χ0) is 42.8. The summed E-state index contributed by atoms with van der Waals surface area (Å²) in [4.78, 5) is 45.9. The van der Waals surface area contributed by atoms with E-state index in [1.807, 2.05) is 12.2 Å². The lowest BCUT2D eigenvalue weighted by Gasteiger charge is -2.18. The predicted molar refractivity (Wildman–Crippen MR) is 235 cm³/mol. The molecule has 0 aliphatic rings. The van der Waals surface area contributed by atoms with Crippen LogP contribution in [0.3, 0.4) is 0 Å². The van der Waals surface area contributed by atoms with E-state index in [0.29, 0.717) is 19.3 Å². The minimum absolute atomic E-state index is 0.134. The Bertz CT molecular complexity index is 1260. The van der Waals surface area contributed by atoms with Gasteiger partial charge in [-0.15, -0.1) is 0 Å². The minimum Gasteiger partial charge on any atom is -0.480 e. The van der Waals surface area contributed by atoms with Crippen molar-refractivity contribution in [3.8, 4) is 0 Å². The zero-order valence-corrected chi connectivity index (χ0v) is 36.7. The zero-order valence-electron chi connectivity index (χ0n) is 35.8. The van der Waals surface area contributed by atoms with E-state index in [1.165, 1.54) is 57.8 Å². The molecule has 0 aromatic carbocycles. The summed E-state index contributed by atoms with van der Waals surface area (Å²) in [6.45, 7) is 2.40. The Hall–Kier alpha value is -3.08. The van der Waals surface area contributed by atoms with Gasteiger partial charge < -0.3 is 25.2 Å². The van der Waals surface area contributed by atoms with E-state index in [4.69, 9.17) is 13.8 Å². The number of allylic oxidation sites excluding steroid dienone is 12. The molecule has 4 N–H and O–H groups in total. The summed E-state index contributed by atoms with van der Waals surface area (Å²) >= 11 is 0. The van der Waals surface area contributed by atoms with Crippen LogP contribution >= 0.6 is 7.82 Å². The summed E-state index contributed by atoms with van der Waals surface area (Å²) in [5, 5.41) is 21.8. The molecule has 0 aromatic heterocycles. The monoisotopic (exact) mass is 836 g/mol. The van der Waals surface area contributed by atoms with Crippen LogP contribution in [-0.4, -0.2) is 64.9 Å². The first-order chi connectivity index (χ1) is 28.1. The highest BCUT2D eigenvalue weighted by atomic mass is 31.2. The molecular weight excluding hydrogens is 757 g/mol. The van der Waals surface area contributed by atoms with Gasteiger partial charge in [-0.2, -0.15) is 0 Å². The number of nitrogens with one attached hydrogen (secondary N) is 1. The van der Waals surface area contributed by atoms with E-state index in [2.05, 4.69) is 79.9 Å². The Kier molecular flexibility index (Phi) is 38.5. The Labute approximate surface area is 350 Å². The van der Waals surface area contributed by atoms with E-state index in [1.54, 1.807) is 0 Å². The fourth-order valence-electron chi connectivity index (χ4n) is 5.58. The van der Waals surface area contributed by atoms with Gasteiger partial charge in [-0.1, -0.05) is 151 Å².